The fraction of sp³-hybridized carbons (Fsp3) is 0.462. The van der Waals surface area contributed by atoms with Crippen molar-refractivity contribution in [3.63, 3.8) is 0 Å². The normalized spacial score (nSPS) is 29.4. The molecular formula is C52H57NO17. The molecule has 1 heterocycles. The Labute approximate surface area is 403 Å². The van der Waals surface area contributed by atoms with Gasteiger partial charge in [-0.05, 0) is 61.2 Å². The topological polar surface area (TPSA) is 265 Å². The van der Waals surface area contributed by atoms with Crippen molar-refractivity contribution >= 4 is 47.5 Å². The smallest absolute Gasteiger partial charge is 0.350 e. The quantitative estimate of drug-likeness (QED) is 0.0925. The number of ether oxygens (including phenoxy) is 6. The Morgan fingerprint density at radius 2 is 1.41 bits per heavy atom. The van der Waals surface area contributed by atoms with Gasteiger partial charge in [0.05, 0.1) is 29.6 Å². The Balaban J connectivity index is 1.41. The van der Waals surface area contributed by atoms with Gasteiger partial charge in [-0.1, -0.05) is 80.6 Å². The van der Waals surface area contributed by atoms with Crippen molar-refractivity contribution in [1.82, 2.24) is 5.32 Å². The third-order valence-electron chi connectivity index (χ3n) is 14.5. The van der Waals surface area contributed by atoms with Crippen molar-refractivity contribution < 1.29 is 82.1 Å². The monoisotopic (exact) mass is 967 g/mol. The zero-order chi connectivity index (χ0) is 50.9. The molecule has 0 radical (unpaired) electrons. The number of aliphatic hydroxyl groups is 2. The Kier molecular flexibility index (Phi) is 14.5. The third kappa shape index (κ3) is 9.34. The first-order valence-corrected chi connectivity index (χ1v) is 23.0. The van der Waals surface area contributed by atoms with E-state index in [1.165, 1.54) is 52.0 Å². The number of nitrogens with one attached hydrogen (secondary N) is 1. The Morgan fingerprint density at radius 1 is 0.814 bits per heavy atom. The van der Waals surface area contributed by atoms with Gasteiger partial charge in [-0.2, -0.15) is 0 Å². The maximum Gasteiger partial charge on any atom is 0.350 e. The molecule has 3 aromatic rings. The van der Waals surface area contributed by atoms with E-state index in [0.717, 1.165) is 13.8 Å². The highest BCUT2D eigenvalue weighted by molar-refractivity contribution is 5.96. The molecule has 11 atom stereocenters. The van der Waals surface area contributed by atoms with Gasteiger partial charge in [0.15, 0.2) is 17.5 Å². The number of carbonyl (C=O) groups is 8. The molecule has 18 heteroatoms. The van der Waals surface area contributed by atoms with Gasteiger partial charge < -0.3 is 49.1 Å². The van der Waals surface area contributed by atoms with Crippen LogP contribution in [0.3, 0.4) is 0 Å². The molecule has 0 spiro atoms. The van der Waals surface area contributed by atoms with E-state index in [4.69, 9.17) is 28.4 Å². The zero-order valence-corrected chi connectivity index (χ0v) is 39.6. The summed E-state index contributed by atoms with van der Waals surface area (Å²) in [6, 6.07) is 22.3. The van der Waals surface area contributed by atoms with Crippen LogP contribution in [0.1, 0.15) is 106 Å². The first-order valence-electron chi connectivity index (χ1n) is 23.0. The van der Waals surface area contributed by atoms with Gasteiger partial charge in [-0.3, -0.25) is 28.8 Å². The molecule has 4 N–H and O–H groups in total. The second-order valence-electron chi connectivity index (χ2n) is 19.1. The number of fused-ring (bicyclic) bond motifs is 5. The number of esters is 5. The van der Waals surface area contributed by atoms with Crippen LogP contribution in [0.15, 0.2) is 102 Å². The van der Waals surface area contributed by atoms with E-state index >= 15 is 9.59 Å². The molecule has 2 saturated carbocycles. The molecule has 18 nitrogen and oxygen atoms in total. The number of aliphatic hydroxyl groups excluding tert-OH is 1. The van der Waals surface area contributed by atoms with Gasteiger partial charge in [0.25, 0.3) is 5.91 Å². The molecule has 3 aromatic carbocycles. The molecule has 1 amide bonds. The minimum atomic E-state index is -2.49. The van der Waals surface area contributed by atoms with E-state index in [1.54, 1.807) is 66.7 Å². The standard InChI is InChI=1S/C52H57NO17/c1-28-34(67-48(63)42(68-38(59)24-16-23-37(57)58)40(31-17-10-7-11-18-31)53-46(61)32-19-12-8-13-20-32)26-52(64)45(69-47(62)33-21-14-9-15-22-33)43-50(6,35(56)25-36-51(43,27-65-36)70-30(3)55)44(60)41(66-29(2)54)39(28)49(52,4)5/h7-15,17-22,34-36,40-43,45,56,64H,16,23-27H2,1-6H3,(H,53,61)(H,57,58)/t34-,35?,36+,40-,41+,42+,43-,45-,50?,51-,52+/m0/s1. The lowest BCUT2D eigenvalue weighted by Gasteiger charge is -2.67. The summed E-state index contributed by atoms with van der Waals surface area (Å²) in [6.07, 6.45) is -12.0. The number of aliphatic carboxylic acids is 1. The maximum atomic E-state index is 15.7. The summed E-state index contributed by atoms with van der Waals surface area (Å²) in [5.41, 5.74) is -7.67. The van der Waals surface area contributed by atoms with Crippen LogP contribution in [-0.4, -0.2) is 117 Å². The van der Waals surface area contributed by atoms with E-state index in [2.05, 4.69) is 5.32 Å². The number of hydrogen-bond donors (Lipinski definition) is 4. The van der Waals surface area contributed by atoms with Gasteiger partial charge in [-0.25, -0.2) is 9.59 Å². The maximum absolute atomic E-state index is 15.7. The van der Waals surface area contributed by atoms with E-state index in [-0.39, 0.29) is 47.3 Å². The number of rotatable bonds is 15. The summed E-state index contributed by atoms with van der Waals surface area (Å²) in [5.74, 6) is -9.41. The summed E-state index contributed by atoms with van der Waals surface area (Å²) < 4.78 is 36.5. The van der Waals surface area contributed by atoms with Crippen LogP contribution in [-0.2, 0) is 57.2 Å². The number of hydrogen-bond acceptors (Lipinski definition) is 16. The highest BCUT2D eigenvalue weighted by atomic mass is 16.6. The number of carboxylic acid groups (broad SMARTS) is 1. The highest BCUT2D eigenvalue weighted by Gasteiger charge is 2.78. The summed E-state index contributed by atoms with van der Waals surface area (Å²) >= 11 is 0. The molecule has 4 aliphatic rings. The van der Waals surface area contributed by atoms with Crippen molar-refractivity contribution in [3.8, 4) is 0 Å². The number of ketones is 1. The van der Waals surface area contributed by atoms with Crippen molar-refractivity contribution in [2.75, 3.05) is 6.61 Å². The fourth-order valence-corrected chi connectivity index (χ4v) is 10.9. The first-order chi connectivity index (χ1) is 33.1. The molecule has 70 heavy (non-hydrogen) atoms. The van der Waals surface area contributed by atoms with Crippen LogP contribution in [0.4, 0.5) is 0 Å². The predicted octanol–water partition coefficient (Wildman–Crippen LogP) is 4.54. The third-order valence-corrected chi connectivity index (χ3v) is 14.5. The summed E-state index contributed by atoms with van der Waals surface area (Å²) in [7, 11) is 0. The van der Waals surface area contributed by atoms with Gasteiger partial charge >= 0.3 is 35.8 Å². The van der Waals surface area contributed by atoms with Gasteiger partial charge in [-0.15, -0.1) is 0 Å². The lowest BCUT2D eigenvalue weighted by molar-refractivity contribution is -0.346. The summed E-state index contributed by atoms with van der Waals surface area (Å²) in [6.45, 7) is 7.73. The van der Waals surface area contributed by atoms with Crippen molar-refractivity contribution in [2.24, 2.45) is 16.7 Å². The highest BCUT2D eigenvalue weighted by Crippen LogP contribution is 2.64. The van der Waals surface area contributed by atoms with E-state index < -0.39 is 137 Å². The van der Waals surface area contributed by atoms with E-state index in [9.17, 15) is 44.1 Å². The average molecular weight is 968 g/mol. The molecule has 7 rings (SSSR count). The number of amides is 1. The Morgan fingerprint density at radius 3 is 1.97 bits per heavy atom. The van der Waals surface area contributed by atoms with Crippen molar-refractivity contribution in [3.05, 3.63) is 119 Å². The van der Waals surface area contributed by atoms with Crippen molar-refractivity contribution in [2.45, 2.75) is 128 Å². The Bertz CT molecular complexity index is 2560. The van der Waals surface area contributed by atoms with Crippen LogP contribution in [0.5, 0.6) is 0 Å². The number of benzene rings is 3. The summed E-state index contributed by atoms with van der Waals surface area (Å²) in [5, 5.41) is 38.1. The van der Waals surface area contributed by atoms with Crippen LogP contribution >= 0.6 is 0 Å². The van der Waals surface area contributed by atoms with Crippen LogP contribution in [0, 0.1) is 16.7 Å². The second-order valence-corrected chi connectivity index (χ2v) is 19.1. The van der Waals surface area contributed by atoms with E-state index in [1.807, 2.05) is 0 Å². The molecule has 1 aliphatic heterocycles. The molecular weight excluding hydrogens is 911 g/mol. The number of Topliss-reactive ketones (excluding diaryl/α,β-unsaturated/α-hetero) is 1. The minimum Gasteiger partial charge on any atom is -0.481 e. The predicted molar refractivity (Wildman–Crippen MR) is 243 cm³/mol. The molecule has 2 unspecified atom stereocenters. The lowest BCUT2D eigenvalue weighted by atomic mass is 9.44. The SMILES string of the molecule is CC(=O)O[C@H]1C(=O)C2(C)C(O)C[C@H]3OC[C@@]3(OC(C)=O)[C@H]2[C@H](OC(=O)c2ccccc2)[C@]2(O)C[C@H](OC(=O)[C@H](OC(=O)CCCC(=O)O)[C@@H](NC(=O)c3ccccc3)c3ccccc3)C(C)=C1C2(C)C. The van der Waals surface area contributed by atoms with Crippen LogP contribution < -0.4 is 5.32 Å². The summed E-state index contributed by atoms with van der Waals surface area (Å²) in [4.78, 5) is 110. The molecule has 0 aromatic heterocycles. The largest absolute Gasteiger partial charge is 0.481 e. The number of carboxylic acids is 1. The van der Waals surface area contributed by atoms with Gasteiger partial charge in [0.2, 0.25) is 6.10 Å². The second kappa shape index (κ2) is 19.9. The van der Waals surface area contributed by atoms with Crippen LogP contribution in [0.2, 0.25) is 0 Å². The van der Waals surface area contributed by atoms with Crippen molar-refractivity contribution in [1.29, 1.82) is 0 Å². The molecule has 3 fully saturated rings. The number of carbonyl (C=O) groups excluding carboxylic acids is 7. The zero-order valence-electron chi connectivity index (χ0n) is 39.6. The van der Waals surface area contributed by atoms with Crippen LogP contribution in [0.25, 0.3) is 0 Å². The van der Waals surface area contributed by atoms with Gasteiger partial charge in [0, 0.05) is 50.5 Å². The first kappa shape index (κ1) is 51.1. The van der Waals surface area contributed by atoms with Gasteiger partial charge in [0.1, 0.15) is 30.0 Å². The minimum absolute atomic E-state index is 0.0272. The van der Waals surface area contributed by atoms with E-state index in [0.29, 0.717) is 0 Å². The molecule has 1 saturated heterocycles. The lowest BCUT2D eigenvalue weighted by Crippen LogP contribution is -2.82. The molecule has 2 bridgehead atoms. The Hall–Kier alpha value is -6.76. The fourth-order valence-electron chi connectivity index (χ4n) is 10.9. The molecule has 372 valence electrons. The molecule has 3 aliphatic carbocycles. The average Bonchev–Trinajstić information content (AvgIpc) is 3.31.